The summed E-state index contributed by atoms with van der Waals surface area (Å²) in [4.78, 5) is 17.7. The number of hydrogen-bond acceptors (Lipinski definition) is 6. The van der Waals surface area contributed by atoms with E-state index in [0.717, 1.165) is 10.6 Å². The molecule has 0 aliphatic heterocycles. The normalized spacial score (nSPS) is 11.0. The first-order valence-corrected chi connectivity index (χ1v) is 9.76. The van der Waals surface area contributed by atoms with Crippen LogP contribution >= 0.6 is 22.7 Å². The maximum atomic E-state index is 12.6. The Kier molecular flexibility index (Phi) is 5.13. The highest BCUT2D eigenvalue weighted by Crippen LogP contribution is 2.33. The number of rotatable bonds is 6. The largest absolute Gasteiger partial charge is 0.434 e. The number of benzene rings is 1. The zero-order valence-electron chi connectivity index (χ0n) is 14.1. The molecule has 6 nitrogen and oxygen atoms in total. The number of thiazole rings is 1. The summed E-state index contributed by atoms with van der Waals surface area (Å²) in [6, 6.07) is 11.8. The zero-order valence-corrected chi connectivity index (χ0v) is 15.7. The average molecular weight is 418 g/mol. The van der Waals surface area contributed by atoms with Crippen molar-refractivity contribution in [2.24, 2.45) is 0 Å². The van der Waals surface area contributed by atoms with Crippen molar-refractivity contribution < 1.29 is 18.3 Å². The molecule has 4 aromatic rings. The summed E-state index contributed by atoms with van der Waals surface area (Å²) in [5.74, 6) is -0.398. The molecule has 10 heteroatoms. The molecule has 0 spiro atoms. The first-order chi connectivity index (χ1) is 13.6. The van der Waals surface area contributed by atoms with Crippen LogP contribution in [0.3, 0.4) is 0 Å². The third-order valence-electron chi connectivity index (χ3n) is 3.70. The maximum Gasteiger partial charge on any atom is 0.387 e. The summed E-state index contributed by atoms with van der Waals surface area (Å²) in [5.41, 5.74) is 1.82. The first-order valence-electron chi connectivity index (χ1n) is 8.00. The van der Waals surface area contributed by atoms with Crippen LogP contribution in [0, 0.1) is 0 Å². The van der Waals surface area contributed by atoms with Crippen LogP contribution in [0.15, 0.2) is 53.2 Å². The molecule has 0 fully saturated rings. The van der Waals surface area contributed by atoms with E-state index in [2.05, 4.69) is 25.2 Å². The fourth-order valence-corrected chi connectivity index (χ4v) is 3.89. The van der Waals surface area contributed by atoms with Crippen molar-refractivity contribution in [3.8, 4) is 27.6 Å². The van der Waals surface area contributed by atoms with Crippen LogP contribution in [0.4, 0.5) is 13.9 Å². The molecule has 142 valence electrons. The van der Waals surface area contributed by atoms with E-state index in [1.165, 1.54) is 28.7 Å². The van der Waals surface area contributed by atoms with E-state index >= 15 is 0 Å². The number of aromatic amines is 1. The van der Waals surface area contributed by atoms with Crippen molar-refractivity contribution in [1.82, 2.24) is 15.2 Å². The van der Waals surface area contributed by atoms with Crippen LogP contribution in [0.1, 0.15) is 10.5 Å². The van der Waals surface area contributed by atoms with Crippen molar-refractivity contribution in [1.29, 1.82) is 0 Å². The number of anilines is 1. The minimum atomic E-state index is -2.93. The van der Waals surface area contributed by atoms with E-state index in [-0.39, 0.29) is 11.4 Å². The molecule has 0 saturated carbocycles. The Labute approximate surface area is 165 Å². The van der Waals surface area contributed by atoms with Gasteiger partial charge in [-0.05, 0) is 29.6 Å². The number of H-pyrrole nitrogens is 1. The molecular formula is C18H12F2N4O2S2. The summed E-state index contributed by atoms with van der Waals surface area (Å²) in [7, 11) is 0. The smallest absolute Gasteiger partial charge is 0.387 e. The standard InChI is InChI=1S/C18H12F2N4O2S2/c19-17(20)26-14-5-2-1-4-10(14)13-9-28-18(21-13)22-16(25)12-8-11(23-24-12)15-6-3-7-27-15/h1-9,17H,(H,23,24)(H,21,22,25). The number of amides is 1. The van der Waals surface area contributed by atoms with Gasteiger partial charge in [-0.3, -0.25) is 15.2 Å². The van der Waals surface area contributed by atoms with Gasteiger partial charge in [0.25, 0.3) is 5.91 Å². The Bertz CT molecular complexity index is 1090. The minimum Gasteiger partial charge on any atom is -0.434 e. The lowest BCUT2D eigenvalue weighted by Gasteiger charge is -2.08. The molecular weight excluding hydrogens is 406 g/mol. The second-order valence-electron chi connectivity index (χ2n) is 5.51. The van der Waals surface area contributed by atoms with Gasteiger partial charge < -0.3 is 4.74 Å². The third kappa shape index (κ3) is 3.92. The lowest BCUT2D eigenvalue weighted by molar-refractivity contribution is -0.0494. The van der Waals surface area contributed by atoms with Crippen LogP contribution in [0.25, 0.3) is 21.8 Å². The summed E-state index contributed by atoms with van der Waals surface area (Å²) in [5, 5.41) is 13.4. The molecule has 0 aliphatic carbocycles. The summed E-state index contributed by atoms with van der Waals surface area (Å²) in [6.07, 6.45) is 0. The second kappa shape index (κ2) is 7.87. The molecule has 0 radical (unpaired) electrons. The Morgan fingerprint density at radius 3 is 2.82 bits per heavy atom. The van der Waals surface area contributed by atoms with Crippen molar-refractivity contribution in [2.75, 3.05) is 5.32 Å². The number of nitrogens with zero attached hydrogens (tertiary/aromatic N) is 2. The Hall–Kier alpha value is -3.11. The maximum absolute atomic E-state index is 12.6. The average Bonchev–Trinajstić information content (AvgIpc) is 3.42. The van der Waals surface area contributed by atoms with Gasteiger partial charge in [0.15, 0.2) is 10.8 Å². The number of para-hydroxylation sites is 1. The Morgan fingerprint density at radius 2 is 2.04 bits per heavy atom. The van der Waals surface area contributed by atoms with Gasteiger partial charge >= 0.3 is 6.61 Å². The molecule has 0 atom stereocenters. The van der Waals surface area contributed by atoms with Crippen LogP contribution in [-0.4, -0.2) is 27.7 Å². The van der Waals surface area contributed by atoms with E-state index in [1.54, 1.807) is 29.6 Å². The lowest BCUT2D eigenvalue weighted by atomic mass is 10.1. The molecule has 0 aliphatic rings. The first kappa shape index (κ1) is 18.3. The van der Waals surface area contributed by atoms with Gasteiger partial charge in [-0.1, -0.05) is 18.2 Å². The lowest BCUT2D eigenvalue weighted by Crippen LogP contribution is -2.12. The molecule has 1 amide bonds. The zero-order chi connectivity index (χ0) is 19.5. The third-order valence-corrected chi connectivity index (χ3v) is 5.36. The van der Waals surface area contributed by atoms with E-state index in [0.29, 0.717) is 16.4 Å². The van der Waals surface area contributed by atoms with E-state index in [4.69, 9.17) is 0 Å². The number of halogens is 2. The van der Waals surface area contributed by atoms with Crippen molar-refractivity contribution >= 4 is 33.7 Å². The fraction of sp³-hybridized carbons (Fsp3) is 0.0556. The number of thiophene rings is 1. The number of carbonyl (C=O) groups excluding carboxylic acids is 1. The monoisotopic (exact) mass is 418 g/mol. The van der Waals surface area contributed by atoms with Crippen LogP contribution in [-0.2, 0) is 0 Å². The van der Waals surface area contributed by atoms with Gasteiger partial charge in [-0.2, -0.15) is 13.9 Å². The molecule has 3 aromatic heterocycles. The van der Waals surface area contributed by atoms with Gasteiger partial charge in [0.1, 0.15) is 5.75 Å². The van der Waals surface area contributed by atoms with Gasteiger partial charge in [-0.25, -0.2) is 4.98 Å². The van der Waals surface area contributed by atoms with Gasteiger partial charge in [0.05, 0.1) is 16.3 Å². The topological polar surface area (TPSA) is 79.9 Å². The van der Waals surface area contributed by atoms with Gasteiger partial charge in [0, 0.05) is 10.9 Å². The van der Waals surface area contributed by atoms with Crippen LogP contribution in [0.5, 0.6) is 5.75 Å². The quantitative estimate of drug-likeness (QED) is 0.456. The number of ether oxygens (including phenoxy) is 1. The van der Waals surface area contributed by atoms with Gasteiger partial charge in [-0.15, -0.1) is 22.7 Å². The SMILES string of the molecule is O=C(Nc1nc(-c2ccccc2OC(F)F)cs1)c1cc(-c2cccs2)[nH]n1. The van der Waals surface area contributed by atoms with Crippen molar-refractivity contribution in [3.63, 3.8) is 0 Å². The van der Waals surface area contributed by atoms with Crippen molar-refractivity contribution in [3.05, 3.63) is 58.9 Å². The number of carbonyl (C=O) groups is 1. The molecule has 1 aromatic carbocycles. The summed E-state index contributed by atoms with van der Waals surface area (Å²) in [6.45, 7) is -2.93. The number of alkyl halides is 2. The highest BCUT2D eigenvalue weighted by Gasteiger charge is 2.16. The molecule has 0 saturated heterocycles. The van der Waals surface area contributed by atoms with E-state index in [9.17, 15) is 13.6 Å². The predicted molar refractivity (Wildman–Crippen MR) is 104 cm³/mol. The minimum absolute atomic E-state index is 0.0218. The van der Waals surface area contributed by atoms with Crippen molar-refractivity contribution in [2.45, 2.75) is 6.61 Å². The fourth-order valence-electron chi connectivity index (χ4n) is 2.49. The molecule has 0 bridgehead atoms. The molecule has 0 unspecified atom stereocenters. The molecule has 28 heavy (non-hydrogen) atoms. The summed E-state index contributed by atoms with van der Waals surface area (Å²) >= 11 is 2.71. The van der Waals surface area contributed by atoms with Crippen LogP contribution < -0.4 is 10.1 Å². The second-order valence-corrected chi connectivity index (χ2v) is 7.32. The highest BCUT2D eigenvalue weighted by atomic mass is 32.1. The van der Waals surface area contributed by atoms with E-state index < -0.39 is 12.5 Å². The molecule has 3 heterocycles. The van der Waals surface area contributed by atoms with Crippen LogP contribution in [0.2, 0.25) is 0 Å². The number of hydrogen-bond donors (Lipinski definition) is 2. The number of aromatic nitrogens is 3. The van der Waals surface area contributed by atoms with Gasteiger partial charge in [0.2, 0.25) is 0 Å². The Morgan fingerprint density at radius 1 is 1.18 bits per heavy atom. The van der Waals surface area contributed by atoms with E-state index in [1.807, 2.05) is 17.5 Å². The Balaban J connectivity index is 1.50. The predicted octanol–water partition coefficient (Wildman–Crippen LogP) is 5.12. The summed E-state index contributed by atoms with van der Waals surface area (Å²) < 4.78 is 29.7. The number of nitrogens with one attached hydrogen (secondary N) is 2. The molecule has 2 N–H and O–H groups in total. The molecule has 4 rings (SSSR count). The highest BCUT2D eigenvalue weighted by molar-refractivity contribution is 7.14.